The first-order chi connectivity index (χ1) is 12.2. The number of halogens is 1. The fourth-order valence-electron chi connectivity index (χ4n) is 3.21. The fourth-order valence-corrected chi connectivity index (χ4v) is 3.37. The molecule has 1 amide bonds. The molecule has 0 unspecified atom stereocenters. The monoisotopic (exact) mass is 355 g/mol. The maximum Gasteiger partial charge on any atom is 0.231 e. The van der Waals surface area contributed by atoms with Crippen molar-refractivity contribution in [2.45, 2.75) is 12.8 Å². The van der Waals surface area contributed by atoms with Gasteiger partial charge in [-0.25, -0.2) is 0 Å². The van der Waals surface area contributed by atoms with Gasteiger partial charge in [0, 0.05) is 25.0 Å². The maximum atomic E-state index is 12.6. The summed E-state index contributed by atoms with van der Waals surface area (Å²) in [5.41, 5.74) is 1.57. The number of pyridine rings is 1. The van der Waals surface area contributed by atoms with Gasteiger partial charge >= 0.3 is 0 Å². The van der Waals surface area contributed by atoms with Crippen LogP contribution < -0.4 is 10.2 Å². The van der Waals surface area contributed by atoms with Crippen LogP contribution in [0.3, 0.4) is 0 Å². The number of piperidine rings is 1. The average Bonchev–Trinajstić information content (AvgIpc) is 3.05. The number of carbonyl (C=O) groups excluding carboxylic acids is 1. The van der Waals surface area contributed by atoms with E-state index in [4.69, 9.17) is 11.6 Å². The minimum atomic E-state index is -0.0829. The van der Waals surface area contributed by atoms with Crippen LogP contribution in [0, 0.1) is 5.92 Å². The molecular formula is C18H18ClN5O. The van der Waals surface area contributed by atoms with Crippen LogP contribution in [0.5, 0.6) is 0 Å². The van der Waals surface area contributed by atoms with Crippen molar-refractivity contribution in [3.05, 3.63) is 53.7 Å². The Morgan fingerprint density at radius 2 is 2.00 bits per heavy atom. The van der Waals surface area contributed by atoms with Gasteiger partial charge in [-0.3, -0.25) is 9.20 Å². The predicted octanol–water partition coefficient (Wildman–Crippen LogP) is 3.24. The van der Waals surface area contributed by atoms with Crippen LogP contribution in [-0.2, 0) is 4.79 Å². The Bertz CT molecular complexity index is 895. The molecule has 0 aliphatic carbocycles. The molecule has 1 aliphatic heterocycles. The van der Waals surface area contributed by atoms with E-state index >= 15 is 0 Å². The summed E-state index contributed by atoms with van der Waals surface area (Å²) in [6.07, 6.45) is 3.61. The summed E-state index contributed by atoms with van der Waals surface area (Å²) in [6.45, 7) is 1.47. The summed E-state index contributed by atoms with van der Waals surface area (Å²) in [5.74, 6) is 0.693. The van der Waals surface area contributed by atoms with E-state index in [1.54, 1.807) is 12.3 Å². The van der Waals surface area contributed by atoms with Crippen molar-refractivity contribution in [3.63, 3.8) is 0 Å². The van der Waals surface area contributed by atoms with Crippen molar-refractivity contribution in [2.24, 2.45) is 5.92 Å². The van der Waals surface area contributed by atoms with E-state index in [2.05, 4.69) is 20.4 Å². The highest BCUT2D eigenvalue weighted by atomic mass is 35.5. The summed E-state index contributed by atoms with van der Waals surface area (Å²) in [5, 5.41) is 12.1. The molecule has 25 heavy (non-hydrogen) atoms. The molecule has 1 N–H and O–H groups in total. The van der Waals surface area contributed by atoms with Gasteiger partial charge in [-0.15, -0.1) is 10.2 Å². The molecule has 1 fully saturated rings. The second kappa shape index (κ2) is 6.72. The van der Waals surface area contributed by atoms with Gasteiger partial charge in [0.25, 0.3) is 0 Å². The number of hydrogen-bond acceptors (Lipinski definition) is 4. The van der Waals surface area contributed by atoms with E-state index < -0.39 is 0 Å². The van der Waals surface area contributed by atoms with Crippen LogP contribution in [0.4, 0.5) is 11.6 Å². The van der Waals surface area contributed by atoms with Gasteiger partial charge in [-0.05, 0) is 37.1 Å². The number of benzene rings is 1. The normalized spacial score (nSPS) is 17.6. The Labute approximate surface area is 150 Å². The highest BCUT2D eigenvalue weighted by Crippen LogP contribution is 2.24. The van der Waals surface area contributed by atoms with E-state index in [0.717, 1.165) is 36.7 Å². The maximum absolute atomic E-state index is 12.6. The van der Waals surface area contributed by atoms with Crippen molar-refractivity contribution < 1.29 is 4.79 Å². The van der Waals surface area contributed by atoms with Crippen molar-refractivity contribution in [3.8, 4) is 0 Å². The Hall–Kier alpha value is -2.60. The lowest BCUT2D eigenvalue weighted by molar-refractivity contribution is -0.120. The molecule has 1 saturated heterocycles. The smallest absolute Gasteiger partial charge is 0.231 e. The molecule has 4 rings (SSSR count). The molecule has 128 valence electrons. The Kier molecular flexibility index (Phi) is 4.28. The van der Waals surface area contributed by atoms with Gasteiger partial charge in [0.05, 0.1) is 10.9 Å². The summed E-state index contributed by atoms with van der Waals surface area (Å²) in [4.78, 5) is 14.7. The molecule has 7 heteroatoms. The van der Waals surface area contributed by atoms with Crippen LogP contribution in [0.2, 0.25) is 5.02 Å². The average molecular weight is 356 g/mol. The van der Waals surface area contributed by atoms with Crippen LogP contribution >= 0.6 is 11.6 Å². The molecule has 0 bridgehead atoms. The summed E-state index contributed by atoms with van der Waals surface area (Å²) < 4.78 is 1.87. The molecule has 1 atom stereocenters. The van der Waals surface area contributed by atoms with E-state index in [9.17, 15) is 4.79 Å². The van der Waals surface area contributed by atoms with Gasteiger partial charge in [-0.1, -0.05) is 29.8 Å². The zero-order valence-corrected chi connectivity index (χ0v) is 14.4. The third-order valence-corrected chi connectivity index (χ3v) is 4.69. The molecule has 0 radical (unpaired) electrons. The molecule has 3 heterocycles. The molecule has 0 saturated carbocycles. The van der Waals surface area contributed by atoms with E-state index in [-0.39, 0.29) is 11.8 Å². The van der Waals surface area contributed by atoms with Crippen molar-refractivity contribution in [1.82, 2.24) is 14.6 Å². The number of fused-ring (bicyclic) bond motifs is 1. The van der Waals surface area contributed by atoms with Gasteiger partial charge in [0.1, 0.15) is 0 Å². The van der Waals surface area contributed by atoms with Gasteiger partial charge < -0.3 is 10.2 Å². The van der Waals surface area contributed by atoms with Crippen molar-refractivity contribution >= 4 is 34.8 Å². The standard InChI is InChI=1S/C18H18ClN5O/c19-14-8-9-16-21-22-18(24(16)12-14)23-10-4-5-13(11-23)17(25)20-15-6-2-1-3-7-15/h1-3,6-9,12-13H,4-5,10-11H2,(H,20,25)/t13-/m0/s1. The lowest BCUT2D eigenvalue weighted by atomic mass is 9.97. The van der Waals surface area contributed by atoms with Gasteiger partial charge in [0.2, 0.25) is 11.9 Å². The van der Waals surface area contributed by atoms with Crippen molar-refractivity contribution in [1.29, 1.82) is 0 Å². The number of hydrogen-bond donors (Lipinski definition) is 1. The van der Waals surface area contributed by atoms with Gasteiger partial charge in [0.15, 0.2) is 5.65 Å². The van der Waals surface area contributed by atoms with Crippen LogP contribution in [0.15, 0.2) is 48.7 Å². The summed E-state index contributed by atoms with van der Waals surface area (Å²) >= 11 is 6.10. The number of amides is 1. The third kappa shape index (κ3) is 3.30. The molecule has 1 aromatic carbocycles. The molecule has 2 aromatic heterocycles. The van der Waals surface area contributed by atoms with Crippen LogP contribution in [0.1, 0.15) is 12.8 Å². The molecular weight excluding hydrogens is 338 g/mol. The Balaban J connectivity index is 1.52. The minimum absolute atomic E-state index is 0.0442. The van der Waals surface area contributed by atoms with Crippen LogP contribution in [0.25, 0.3) is 5.65 Å². The van der Waals surface area contributed by atoms with Crippen molar-refractivity contribution in [2.75, 3.05) is 23.3 Å². The lowest BCUT2D eigenvalue weighted by Gasteiger charge is -2.32. The minimum Gasteiger partial charge on any atom is -0.340 e. The van der Waals surface area contributed by atoms with Gasteiger partial charge in [-0.2, -0.15) is 0 Å². The Morgan fingerprint density at radius 1 is 1.16 bits per heavy atom. The molecule has 0 spiro atoms. The van der Waals surface area contributed by atoms with E-state index in [1.807, 2.05) is 40.8 Å². The number of nitrogens with one attached hydrogen (secondary N) is 1. The number of aromatic nitrogens is 3. The second-order valence-corrected chi connectivity index (χ2v) is 6.65. The number of anilines is 2. The highest BCUT2D eigenvalue weighted by molar-refractivity contribution is 6.30. The molecule has 6 nitrogen and oxygen atoms in total. The first kappa shape index (κ1) is 15.9. The Morgan fingerprint density at radius 3 is 2.84 bits per heavy atom. The first-order valence-electron chi connectivity index (χ1n) is 8.32. The van der Waals surface area contributed by atoms with E-state index in [0.29, 0.717) is 11.6 Å². The first-order valence-corrected chi connectivity index (χ1v) is 8.69. The van der Waals surface area contributed by atoms with Crippen LogP contribution in [-0.4, -0.2) is 33.6 Å². The number of carbonyl (C=O) groups is 1. The SMILES string of the molecule is O=C(Nc1ccccc1)[C@H]1CCCN(c2nnc3ccc(Cl)cn23)C1. The second-order valence-electron chi connectivity index (χ2n) is 6.22. The fraction of sp³-hybridized carbons (Fsp3) is 0.278. The quantitative estimate of drug-likeness (QED) is 0.783. The topological polar surface area (TPSA) is 62.5 Å². The summed E-state index contributed by atoms with van der Waals surface area (Å²) in [6, 6.07) is 13.2. The largest absolute Gasteiger partial charge is 0.340 e. The predicted molar refractivity (Wildman–Crippen MR) is 98.0 cm³/mol. The zero-order chi connectivity index (χ0) is 17.2. The summed E-state index contributed by atoms with van der Waals surface area (Å²) in [7, 11) is 0. The number of nitrogens with zero attached hydrogens (tertiary/aromatic N) is 4. The number of para-hydroxylation sites is 1. The molecule has 3 aromatic rings. The zero-order valence-electron chi connectivity index (χ0n) is 13.6. The van der Waals surface area contributed by atoms with E-state index in [1.165, 1.54) is 0 Å². The highest BCUT2D eigenvalue weighted by Gasteiger charge is 2.28. The number of rotatable bonds is 3. The lowest BCUT2D eigenvalue weighted by Crippen LogP contribution is -2.41. The third-order valence-electron chi connectivity index (χ3n) is 4.46. The molecule has 1 aliphatic rings.